The minimum atomic E-state index is -4.94. The predicted molar refractivity (Wildman–Crippen MR) is 137 cm³/mol. The van der Waals surface area contributed by atoms with Crippen molar-refractivity contribution in [3.8, 4) is 5.06 Å². The molecule has 1 aromatic heterocycles. The number of hydrogen-bond acceptors (Lipinski definition) is 7. The van der Waals surface area contributed by atoms with Gasteiger partial charge in [0.1, 0.15) is 0 Å². The quantitative estimate of drug-likeness (QED) is 0.441. The van der Waals surface area contributed by atoms with Gasteiger partial charge in [-0.05, 0) is 53.5 Å². The summed E-state index contributed by atoms with van der Waals surface area (Å²) in [4.78, 5) is 2.48. The van der Waals surface area contributed by atoms with Crippen LogP contribution in [0.4, 0.5) is 0 Å². The van der Waals surface area contributed by atoms with E-state index in [1.807, 2.05) is 25.6 Å². The minimum absolute atomic E-state index is 0.634. The third-order valence-electron chi connectivity index (χ3n) is 4.61. The van der Waals surface area contributed by atoms with E-state index in [1.165, 1.54) is 32.3 Å². The Morgan fingerprint density at radius 2 is 1.36 bits per heavy atom. The first-order chi connectivity index (χ1) is 17.2. The lowest BCUT2D eigenvalue weighted by Crippen LogP contribution is -2.68. The Labute approximate surface area is 220 Å². The smallest absolute Gasteiger partial charge is 0.404 e. The Hall–Kier alpha value is -2.69. The van der Waals surface area contributed by atoms with Gasteiger partial charge in [0.2, 0.25) is 0 Å². The normalized spacial score (nSPS) is 13.8. The molecule has 188 valence electrons. The predicted octanol–water partition coefficient (Wildman–Crippen LogP) is 2.52. The van der Waals surface area contributed by atoms with Gasteiger partial charge in [0.15, 0.2) is 5.06 Å². The number of benzene rings is 2. The second-order valence-electron chi connectivity index (χ2n) is 7.27. The van der Waals surface area contributed by atoms with Crippen LogP contribution in [0.5, 0.6) is 5.06 Å². The minimum Gasteiger partial charge on any atom is -0.484 e. The van der Waals surface area contributed by atoms with Crippen LogP contribution in [0.1, 0.15) is 30.5 Å². The maximum absolute atomic E-state index is 8.49. The van der Waals surface area contributed by atoms with Crippen molar-refractivity contribution in [2.45, 2.75) is 13.8 Å². The van der Waals surface area contributed by atoms with Crippen LogP contribution in [0.2, 0.25) is 0 Å². The summed E-state index contributed by atoms with van der Waals surface area (Å²) in [6.45, 7) is 5.27. The molecule has 0 amide bonds. The lowest BCUT2D eigenvalue weighted by Gasteiger charge is -2.17. The Morgan fingerprint density at radius 3 is 1.83 bits per heavy atom. The molecule has 0 N–H and O–H groups in total. The van der Waals surface area contributed by atoms with Crippen molar-refractivity contribution in [1.82, 2.24) is 0 Å². The highest BCUT2D eigenvalue weighted by molar-refractivity contribution is 8.16. The number of rotatable bonds is 6. The fraction of sp³-hybridized carbons (Fsp3) is 0.148. The van der Waals surface area contributed by atoms with Crippen LogP contribution < -0.4 is 28.1 Å². The molecule has 0 aliphatic carbocycles. The Morgan fingerprint density at radius 1 is 0.833 bits per heavy atom. The summed E-state index contributed by atoms with van der Waals surface area (Å²) in [5.74, 6) is 0. The summed E-state index contributed by atoms with van der Waals surface area (Å²) in [5, 5.41) is 0.866. The first kappa shape index (κ1) is 27.9. The fourth-order valence-electron chi connectivity index (χ4n) is 3.27. The molecule has 6 nitrogen and oxygen atoms in total. The summed E-state index contributed by atoms with van der Waals surface area (Å²) in [5.41, 5.74) is 4.66. The van der Waals surface area contributed by atoms with E-state index >= 15 is 0 Å². The molecular weight excluding hydrogens is 520 g/mol. The number of halogens is 1. The van der Waals surface area contributed by atoms with Gasteiger partial charge in [-0.1, -0.05) is 72.4 Å². The van der Waals surface area contributed by atoms with Crippen molar-refractivity contribution in [2.75, 3.05) is 13.2 Å². The van der Waals surface area contributed by atoms with Gasteiger partial charge in [0.25, 0.3) is 6.61 Å². The van der Waals surface area contributed by atoms with Crippen molar-refractivity contribution in [2.24, 2.45) is 0 Å². The fourth-order valence-corrected chi connectivity index (χ4v) is 5.35. The standard InChI is InChI=1S/C27H25O2S2.ClHO4/c1-3-28-26-18-21(19-27(31-26)29-4-2)15-20-16-24(22-11-7-5-8-12-22)30-25(17-20)23-13-9-6-10-14-23;2-1(3,4)5/h5-19H,3-4H2,1-2H3;(H,2,3,4,5)/q+1;/p-1. The van der Waals surface area contributed by atoms with Crippen molar-refractivity contribution in [3.05, 3.63) is 116 Å². The van der Waals surface area contributed by atoms with Gasteiger partial charge in [0.05, 0.1) is 12.7 Å². The molecule has 0 spiro atoms. The van der Waals surface area contributed by atoms with Gasteiger partial charge in [-0.2, -0.15) is 0 Å². The summed E-state index contributed by atoms with van der Waals surface area (Å²) >= 11 is 3.34. The second-order valence-corrected chi connectivity index (χ2v) is 10.1. The van der Waals surface area contributed by atoms with Gasteiger partial charge in [-0.3, -0.25) is 0 Å². The van der Waals surface area contributed by atoms with Crippen LogP contribution in [-0.4, -0.2) is 13.2 Å². The zero-order valence-electron chi connectivity index (χ0n) is 19.7. The molecule has 0 saturated heterocycles. The van der Waals surface area contributed by atoms with E-state index in [4.69, 9.17) is 27.8 Å². The molecule has 0 fully saturated rings. The summed E-state index contributed by atoms with van der Waals surface area (Å²) < 4.78 is 46.4. The van der Waals surface area contributed by atoms with E-state index in [0.29, 0.717) is 13.2 Å². The molecule has 36 heavy (non-hydrogen) atoms. The van der Waals surface area contributed by atoms with Crippen LogP contribution in [0.25, 0.3) is 15.9 Å². The molecule has 0 radical (unpaired) electrons. The van der Waals surface area contributed by atoms with E-state index in [9.17, 15) is 0 Å². The van der Waals surface area contributed by atoms with Gasteiger partial charge in [-0.25, -0.2) is 23.1 Å². The molecule has 4 rings (SSSR count). The van der Waals surface area contributed by atoms with Crippen molar-refractivity contribution >= 4 is 39.0 Å². The van der Waals surface area contributed by atoms with Crippen LogP contribution in [0.15, 0.2) is 94.9 Å². The summed E-state index contributed by atoms with van der Waals surface area (Å²) in [7, 11) is -4.94. The largest absolute Gasteiger partial charge is 0.484 e. The average molecular weight is 545 g/mol. The van der Waals surface area contributed by atoms with Crippen molar-refractivity contribution in [1.29, 1.82) is 0 Å². The molecule has 3 aromatic rings. The number of allylic oxidation sites excluding steroid dienone is 3. The van der Waals surface area contributed by atoms with E-state index < -0.39 is 10.2 Å². The van der Waals surface area contributed by atoms with Crippen molar-refractivity contribution < 1.29 is 33.6 Å². The highest BCUT2D eigenvalue weighted by Gasteiger charge is 2.15. The van der Waals surface area contributed by atoms with Crippen LogP contribution in [-0.2, 0) is 0 Å². The Kier molecular flexibility index (Phi) is 10.5. The molecule has 1 aliphatic heterocycles. The Balaban J connectivity index is 0.000000658. The van der Waals surface area contributed by atoms with Crippen LogP contribution >= 0.6 is 23.1 Å². The lowest BCUT2D eigenvalue weighted by atomic mass is 10.1. The zero-order valence-corrected chi connectivity index (χ0v) is 22.1. The molecule has 2 heterocycles. The maximum Gasteiger partial charge on any atom is 0.404 e. The summed E-state index contributed by atoms with van der Waals surface area (Å²) in [6, 6.07) is 25.3. The molecule has 0 saturated carbocycles. The van der Waals surface area contributed by atoms with Gasteiger partial charge in [-0.15, -0.1) is 10.2 Å². The molecule has 0 unspecified atom stereocenters. The molecule has 1 aliphatic rings. The van der Waals surface area contributed by atoms with Crippen LogP contribution in [0.3, 0.4) is 0 Å². The topological polar surface area (TPSA) is 113 Å². The summed E-state index contributed by atoms with van der Waals surface area (Å²) in [6.07, 6.45) is 6.70. The molecule has 0 bridgehead atoms. The maximum atomic E-state index is 8.49. The van der Waals surface area contributed by atoms with Gasteiger partial charge in [0, 0.05) is 28.1 Å². The molecule has 2 aromatic carbocycles. The SMILES string of the molecule is CCOc1cc(C=C2C=C(c3ccccc3)SC(c3ccccc3)=C2)cc(=[O+]CC)s1.[O-][Cl+3]([O-])([O-])[O-]. The number of thioether (sulfide) groups is 1. The lowest BCUT2D eigenvalue weighted by molar-refractivity contribution is -2.00. The second kappa shape index (κ2) is 13.6. The molecular formula is C27H25ClO6S2. The highest BCUT2D eigenvalue weighted by Crippen LogP contribution is 2.44. The first-order valence-electron chi connectivity index (χ1n) is 11.0. The highest BCUT2D eigenvalue weighted by atomic mass is 35.7. The van der Waals surface area contributed by atoms with E-state index in [-0.39, 0.29) is 0 Å². The molecule has 0 atom stereocenters. The van der Waals surface area contributed by atoms with Crippen LogP contribution in [0, 0.1) is 10.2 Å². The van der Waals surface area contributed by atoms with E-state index in [1.54, 1.807) is 0 Å². The first-order valence-corrected chi connectivity index (χ1v) is 13.9. The number of ether oxygens (including phenoxy) is 1. The van der Waals surface area contributed by atoms with E-state index in [0.717, 1.165) is 20.9 Å². The molecule has 9 heteroatoms. The average Bonchev–Trinajstić information content (AvgIpc) is 2.84. The van der Waals surface area contributed by atoms with E-state index in [2.05, 4.69) is 91.0 Å². The van der Waals surface area contributed by atoms with Gasteiger partial charge >= 0.3 is 4.74 Å². The Bertz CT molecular complexity index is 1230. The zero-order chi connectivity index (χ0) is 26.0. The number of hydrogen-bond donors (Lipinski definition) is 0. The monoisotopic (exact) mass is 544 g/mol. The third-order valence-corrected chi connectivity index (χ3v) is 6.63. The van der Waals surface area contributed by atoms with Crippen molar-refractivity contribution in [3.63, 3.8) is 0 Å². The third kappa shape index (κ3) is 9.40. The van der Waals surface area contributed by atoms with Gasteiger partial charge < -0.3 is 4.74 Å².